The fourth-order valence-corrected chi connectivity index (χ4v) is 4.22. The third kappa shape index (κ3) is 6.20. The van der Waals surface area contributed by atoms with Crippen molar-refractivity contribution in [3.63, 3.8) is 0 Å². The van der Waals surface area contributed by atoms with Crippen molar-refractivity contribution in [2.45, 2.75) is 45.6 Å². The van der Waals surface area contributed by atoms with Gasteiger partial charge >= 0.3 is 0 Å². The molecule has 2 aliphatic heterocycles. The second-order valence-corrected chi connectivity index (χ2v) is 8.06. The predicted octanol–water partition coefficient (Wildman–Crippen LogP) is 2.21. The molecule has 0 aliphatic carbocycles. The molecule has 0 spiro atoms. The first-order valence-electron chi connectivity index (χ1n) is 11.3. The molecule has 2 aliphatic rings. The second-order valence-electron chi connectivity index (χ2n) is 8.06. The lowest BCUT2D eigenvalue weighted by Crippen LogP contribution is -2.57. The Kier molecular flexibility index (Phi) is 8.35. The van der Waals surface area contributed by atoms with Crippen molar-refractivity contribution >= 4 is 11.9 Å². The lowest BCUT2D eigenvalue weighted by Gasteiger charge is -2.39. The van der Waals surface area contributed by atoms with E-state index in [1.807, 2.05) is 4.90 Å². The molecule has 0 radical (unpaired) electrons. The van der Waals surface area contributed by atoms with E-state index in [2.05, 4.69) is 59.3 Å². The average Bonchev–Trinajstić information content (AvgIpc) is 3.31. The van der Waals surface area contributed by atoms with Gasteiger partial charge in [-0.05, 0) is 45.1 Å². The number of hydrogen-bond donors (Lipinski definition) is 1. The Morgan fingerprint density at radius 3 is 2.38 bits per heavy atom. The smallest absolute Gasteiger partial charge is 0.239 e. The zero-order valence-corrected chi connectivity index (χ0v) is 18.1. The summed E-state index contributed by atoms with van der Waals surface area (Å²) in [5, 5.41) is 3.44. The molecule has 1 amide bonds. The number of likely N-dealkylation sites (tertiary alicyclic amines) is 1. The first kappa shape index (κ1) is 21.6. The van der Waals surface area contributed by atoms with Gasteiger partial charge in [0.25, 0.3) is 0 Å². The van der Waals surface area contributed by atoms with Gasteiger partial charge in [-0.3, -0.25) is 14.7 Å². The number of nitrogens with one attached hydrogen (secondary N) is 1. The van der Waals surface area contributed by atoms with Gasteiger partial charge in [-0.1, -0.05) is 30.3 Å². The maximum absolute atomic E-state index is 12.7. The lowest BCUT2D eigenvalue weighted by molar-refractivity contribution is -0.135. The Hall–Kier alpha value is -2.08. The Morgan fingerprint density at radius 1 is 1.03 bits per heavy atom. The van der Waals surface area contributed by atoms with Crippen molar-refractivity contribution in [2.75, 3.05) is 52.4 Å². The van der Waals surface area contributed by atoms with E-state index < -0.39 is 0 Å². The van der Waals surface area contributed by atoms with Gasteiger partial charge in [-0.2, -0.15) is 0 Å². The van der Waals surface area contributed by atoms with Gasteiger partial charge < -0.3 is 15.1 Å². The minimum absolute atomic E-state index is 0.0133. The molecule has 3 rings (SSSR count). The summed E-state index contributed by atoms with van der Waals surface area (Å²) in [6.07, 6.45) is 4.42. The zero-order chi connectivity index (χ0) is 20.5. The van der Waals surface area contributed by atoms with Gasteiger partial charge in [0.15, 0.2) is 5.96 Å². The van der Waals surface area contributed by atoms with Crippen molar-refractivity contribution in [1.29, 1.82) is 0 Å². The summed E-state index contributed by atoms with van der Waals surface area (Å²) in [4.78, 5) is 24.3. The van der Waals surface area contributed by atoms with Crippen LogP contribution in [0.4, 0.5) is 0 Å². The number of amides is 1. The highest BCUT2D eigenvalue weighted by molar-refractivity contribution is 5.82. The summed E-state index contributed by atoms with van der Waals surface area (Å²) >= 11 is 0. The van der Waals surface area contributed by atoms with E-state index in [1.165, 1.54) is 5.56 Å². The zero-order valence-electron chi connectivity index (χ0n) is 18.1. The first-order valence-corrected chi connectivity index (χ1v) is 11.3. The third-order valence-corrected chi connectivity index (χ3v) is 6.00. The first-order chi connectivity index (χ1) is 14.2. The maximum Gasteiger partial charge on any atom is 0.239 e. The van der Waals surface area contributed by atoms with Crippen LogP contribution in [-0.2, 0) is 11.2 Å². The molecule has 2 heterocycles. The minimum Gasteiger partial charge on any atom is -0.357 e. The van der Waals surface area contributed by atoms with E-state index in [1.54, 1.807) is 0 Å². The molecule has 2 fully saturated rings. The molecule has 0 bridgehead atoms. The maximum atomic E-state index is 12.7. The van der Waals surface area contributed by atoms with E-state index in [4.69, 9.17) is 4.99 Å². The van der Waals surface area contributed by atoms with E-state index in [-0.39, 0.29) is 6.04 Å². The normalized spacial score (nSPS) is 19.4. The highest BCUT2D eigenvalue weighted by Crippen LogP contribution is 2.14. The van der Waals surface area contributed by atoms with Crippen LogP contribution in [0.1, 0.15) is 38.7 Å². The summed E-state index contributed by atoms with van der Waals surface area (Å²) in [5.74, 6) is 1.32. The van der Waals surface area contributed by atoms with Gasteiger partial charge in [0.1, 0.15) is 0 Å². The number of guanidine groups is 1. The highest BCUT2D eigenvalue weighted by atomic mass is 16.2. The summed E-state index contributed by atoms with van der Waals surface area (Å²) in [7, 11) is 0. The van der Waals surface area contributed by atoms with Gasteiger partial charge in [-0.15, -0.1) is 0 Å². The Labute approximate surface area is 176 Å². The van der Waals surface area contributed by atoms with Crippen LogP contribution >= 0.6 is 0 Å². The molecule has 0 saturated carbocycles. The fourth-order valence-electron chi connectivity index (χ4n) is 4.22. The molecule has 1 atom stereocenters. The summed E-state index contributed by atoms with van der Waals surface area (Å²) in [6, 6.07) is 10.6. The third-order valence-electron chi connectivity index (χ3n) is 6.00. The Morgan fingerprint density at radius 2 is 1.72 bits per heavy atom. The van der Waals surface area contributed by atoms with Crippen LogP contribution in [0.25, 0.3) is 0 Å². The van der Waals surface area contributed by atoms with Crippen molar-refractivity contribution in [3.05, 3.63) is 35.9 Å². The number of benzene rings is 1. The van der Waals surface area contributed by atoms with Crippen LogP contribution in [-0.4, -0.2) is 85.0 Å². The number of hydrogen-bond acceptors (Lipinski definition) is 3. The average molecular weight is 400 g/mol. The summed E-state index contributed by atoms with van der Waals surface area (Å²) in [6.45, 7) is 11.4. The highest BCUT2D eigenvalue weighted by Gasteiger charge is 2.30. The number of nitrogens with zero attached hydrogens (tertiary/aromatic N) is 4. The molecule has 160 valence electrons. The summed E-state index contributed by atoms with van der Waals surface area (Å²) in [5.41, 5.74) is 1.37. The van der Waals surface area contributed by atoms with Gasteiger partial charge in [-0.25, -0.2) is 0 Å². The number of rotatable bonds is 7. The van der Waals surface area contributed by atoms with E-state index in [9.17, 15) is 4.79 Å². The van der Waals surface area contributed by atoms with Crippen LogP contribution in [0.5, 0.6) is 0 Å². The van der Waals surface area contributed by atoms with Crippen molar-refractivity contribution in [1.82, 2.24) is 20.0 Å². The molecule has 6 heteroatoms. The largest absolute Gasteiger partial charge is 0.357 e. The lowest BCUT2D eigenvalue weighted by atomic mass is 10.1. The minimum atomic E-state index is -0.0133. The number of carbonyl (C=O) groups is 1. The second kappa shape index (κ2) is 11.2. The van der Waals surface area contributed by atoms with E-state index >= 15 is 0 Å². The van der Waals surface area contributed by atoms with Crippen LogP contribution in [0.15, 0.2) is 35.3 Å². The van der Waals surface area contributed by atoms with Crippen LogP contribution in [0.3, 0.4) is 0 Å². The van der Waals surface area contributed by atoms with Crippen LogP contribution in [0, 0.1) is 0 Å². The molecule has 1 aromatic carbocycles. The molecule has 29 heavy (non-hydrogen) atoms. The number of aryl methyl sites for hydroxylation is 1. The van der Waals surface area contributed by atoms with Crippen molar-refractivity contribution in [2.24, 2.45) is 4.99 Å². The monoisotopic (exact) mass is 399 g/mol. The number of piperazine rings is 1. The van der Waals surface area contributed by atoms with E-state index in [0.29, 0.717) is 5.91 Å². The Bertz CT molecular complexity index is 648. The predicted molar refractivity (Wildman–Crippen MR) is 119 cm³/mol. The standard InChI is InChI=1S/C23H37N5O/c1-3-24-23(25-13-9-12-21-10-5-4-6-11-21)28-18-16-26(17-19-28)20(2)22(29)27-14-7-8-15-27/h4-6,10-11,20H,3,7-9,12-19H2,1-2H3,(H,24,25). The summed E-state index contributed by atoms with van der Waals surface area (Å²) < 4.78 is 0. The van der Waals surface area contributed by atoms with Crippen LogP contribution in [0.2, 0.25) is 0 Å². The van der Waals surface area contributed by atoms with E-state index in [0.717, 1.165) is 84.0 Å². The van der Waals surface area contributed by atoms with Gasteiger partial charge in [0.05, 0.1) is 6.04 Å². The molecular weight excluding hydrogens is 362 g/mol. The van der Waals surface area contributed by atoms with Crippen molar-refractivity contribution < 1.29 is 4.79 Å². The van der Waals surface area contributed by atoms with Crippen LogP contribution < -0.4 is 5.32 Å². The topological polar surface area (TPSA) is 51.2 Å². The Balaban J connectivity index is 1.46. The quantitative estimate of drug-likeness (QED) is 0.434. The number of aliphatic imine (C=N–C) groups is 1. The molecule has 0 aromatic heterocycles. The SMILES string of the molecule is CCNC(=NCCCc1ccccc1)N1CCN(C(C)C(=O)N2CCCC2)CC1. The molecular formula is C23H37N5O. The molecule has 2 saturated heterocycles. The fraction of sp³-hybridized carbons (Fsp3) is 0.652. The number of carbonyl (C=O) groups excluding carboxylic acids is 1. The van der Waals surface area contributed by atoms with Crippen molar-refractivity contribution in [3.8, 4) is 0 Å². The molecule has 1 unspecified atom stereocenters. The van der Waals surface area contributed by atoms with Gasteiger partial charge in [0.2, 0.25) is 5.91 Å². The molecule has 6 nitrogen and oxygen atoms in total. The molecule has 1 N–H and O–H groups in total. The van der Waals surface area contributed by atoms with Gasteiger partial charge in [0, 0.05) is 52.4 Å². The molecule has 1 aromatic rings.